The summed E-state index contributed by atoms with van der Waals surface area (Å²) in [5, 5.41) is 10.2. The summed E-state index contributed by atoms with van der Waals surface area (Å²) in [7, 11) is 0. The Morgan fingerprint density at radius 3 is 1.76 bits per heavy atom. The third kappa shape index (κ3) is 14.7. The van der Waals surface area contributed by atoms with Gasteiger partial charge in [0.2, 0.25) is 0 Å². The van der Waals surface area contributed by atoms with Crippen LogP contribution in [-0.2, 0) is 0 Å². The minimum Gasteiger partial charge on any atom is -0.390 e. The molecule has 0 saturated heterocycles. The minimum atomic E-state index is -0.429. The fourth-order valence-electron chi connectivity index (χ4n) is 3.17. The molecule has 1 N–H and O–H groups in total. The van der Waals surface area contributed by atoms with E-state index in [1.807, 2.05) is 6.92 Å². The van der Waals surface area contributed by atoms with Crippen LogP contribution in [0.2, 0.25) is 0 Å². The fourth-order valence-corrected chi connectivity index (χ4v) is 3.17. The molecule has 1 heteroatoms. The molecular formula is C20H42O. The van der Waals surface area contributed by atoms with Crippen molar-refractivity contribution in [3.63, 3.8) is 0 Å². The number of rotatable bonds is 15. The van der Waals surface area contributed by atoms with Crippen molar-refractivity contribution in [1.82, 2.24) is 0 Å². The lowest BCUT2D eigenvalue weighted by Crippen LogP contribution is -2.24. The minimum absolute atomic E-state index is 0.429. The fraction of sp³-hybridized carbons (Fsp3) is 1.00. The zero-order valence-corrected chi connectivity index (χ0v) is 15.4. The van der Waals surface area contributed by atoms with Crippen molar-refractivity contribution in [2.75, 3.05) is 0 Å². The smallest absolute Gasteiger partial charge is 0.0619 e. The lowest BCUT2D eigenvalue weighted by atomic mass is 9.89. The second-order valence-corrected chi connectivity index (χ2v) is 7.51. The molecule has 0 aliphatic carbocycles. The zero-order chi connectivity index (χ0) is 16.0. The van der Waals surface area contributed by atoms with Crippen LogP contribution < -0.4 is 0 Å². The van der Waals surface area contributed by atoms with Crippen LogP contribution in [0.25, 0.3) is 0 Å². The molecular weight excluding hydrogens is 256 g/mol. The van der Waals surface area contributed by atoms with Gasteiger partial charge in [-0.1, -0.05) is 91.4 Å². The van der Waals surface area contributed by atoms with E-state index in [2.05, 4.69) is 20.8 Å². The number of hydrogen-bond acceptors (Lipinski definition) is 1. The van der Waals surface area contributed by atoms with Crippen LogP contribution in [0, 0.1) is 5.92 Å². The van der Waals surface area contributed by atoms with E-state index in [0.717, 1.165) is 25.2 Å². The molecule has 0 fully saturated rings. The van der Waals surface area contributed by atoms with Gasteiger partial charge in [-0.3, -0.25) is 0 Å². The van der Waals surface area contributed by atoms with Gasteiger partial charge < -0.3 is 5.11 Å². The van der Waals surface area contributed by atoms with Crippen LogP contribution in [0.15, 0.2) is 0 Å². The van der Waals surface area contributed by atoms with Gasteiger partial charge in [0.25, 0.3) is 0 Å². The summed E-state index contributed by atoms with van der Waals surface area (Å²) < 4.78 is 0. The molecule has 2 atom stereocenters. The first-order chi connectivity index (χ1) is 10.0. The van der Waals surface area contributed by atoms with E-state index in [9.17, 15) is 5.11 Å². The van der Waals surface area contributed by atoms with Crippen LogP contribution in [-0.4, -0.2) is 10.7 Å². The molecule has 0 aliphatic rings. The summed E-state index contributed by atoms with van der Waals surface area (Å²) >= 11 is 0. The van der Waals surface area contributed by atoms with Crippen LogP contribution in [0.1, 0.15) is 118 Å². The predicted octanol–water partition coefficient (Wildman–Crippen LogP) is 6.87. The van der Waals surface area contributed by atoms with Crippen LogP contribution >= 0.6 is 0 Å². The monoisotopic (exact) mass is 298 g/mol. The summed E-state index contributed by atoms with van der Waals surface area (Å²) in [6, 6.07) is 0. The van der Waals surface area contributed by atoms with Gasteiger partial charge in [-0.15, -0.1) is 0 Å². The molecule has 0 aromatic carbocycles. The van der Waals surface area contributed by atoms with E-state index in [1.165, 1.54) is 70.6 Å². The highest BCUT2D eigenvalue weighted by molar-refractivity contribution is 4.72. The molecule has 2 unspecified atom stereocenters. The number of unbranched alkanes of at least 4 members (excludes halogenated alkanes) is 8. The molecule has 0 aliphatic heterocycles. The average Bonchev–Trinajstić information content (AvgIpc) is 2.43. The maximum absolute atomic E-state index is 10.2. The molecule has 0 aromatic heterocycles. The first-order valence-electron chi connectivity index (χ1n) is 9.74. The van der Waals surface area contributed by atoms with Crippen molar-refractivity contribution in [3.05, 3.63) is 0 Å². The van der Waals surface area contributed by atoms with E-state index in [-0.39, 0.29) is 0 Å². The largest absolute Gasteiger partial charge is 0.390 e. The Hall–Kier alpha value is -0.0400. The van der Waals surface area contributed by atoms with Crippen molar-refractivity contribution in [3.8, 4) is 0 Å². The normalized spacial score (nSPS) is 15.9. The van der Waals surface area contributed by atoms with Gasteiger partial charge in [-0.25, -0.2) is 0 Å². The maximum Gasteiger partial charge on any atom is 0.0619 e. The number of aliphatic hydroxyl groups is 1. The third-order valence-electron chi connectivity index (χ3n) is 4.76. The van der Waals surface area contributed by atoms with Crippen molar-refractivity contribution in [2.24, 2.45) is 5.92 Å². The Labute approximate surface area is 134 Å². The molecule has 0 spiro atoms. The Morgan fingerprint density at radius 1 is 0.714 bits per heavy atom. The Morgan fingerprint density at radius 2 is 1.24 bits per heavy atom. The van der Waals surface area contributed by atoms with Crippen molar-refractivity contribution < 1.29 is 5.11 Å². The van der Waals surface area contributed by atoms with E-state index in [0.29, 0.717) is 0 Å². The molecule has 21 heavy (non-hydrogen) atoms. The quantitative estimate of drug-likeness (QED) is 0.327. The van der Waals surface area contributed by atoms with Gasteiger partial charge >= 0.3 is 0 Å². The highest BCUT2D eigenvalue weighted by atomic mass is 16.3. The molecule has 0 radical (unpaired) electrons. The summed E-state index contributed by atoms with van der Waals surface area (Å²) in [6.45, 7) is 8.79. The molecule has 0 saturated carbocycles. The van der Waals surface area contributed by atoms with Crippen molar-refractivity contribution >= 4 is 0 Å². The third-order valence-corrected chi connectivity index (χ3v) is 4.76. The summed E-state index contributed by atoms with van der Waals surface area (Å²) in [4.78, 5) is 0. The molecule has 1 nitrogen and oxygen atoms in total. The van der Waals surface area contributed by atoms with E-state index in [4.69, 9.17) is 0 Å². The SMILES string of the molecule is CCCCCCCCCCCC(C)CCC(C)(O)CCC. The zero-order valence-electron chi connectivity index (χ0n) is 15.4. The summed E-state index contributed by atoms with van der Waals surface area (Å²) in [5.74, 6) is 0.776. The Kier molecular flexibility index (Phi) is 13.6. The summed E-state index contributed by atoms with van der Waals surface area (Å²) in [6.07, 6.45) is 18.3. The van der Waals surface area contributed by atoms with Crippen molar-refractivity contribution in [2.45, 2.75) is 123 Å². The Bertz CT molecular complexity index is 210. The second kappa shape index (κ2) is 13.6. The van der Waals surface area contributed by atoms with Crippen molar-refractivity contribution in [1.29, 1.82) is 0 Å². The number of hydrogen-bond donors (Lipinski definition) is 1. The molecule has 0 amide bonds. The lowest BCUT2D eigenvalue weighted by Gasteiger charge is -2.24. The highest BCUT2D eigenvalue weighted by Crippen LogP contribution is 2.24. The van der Waals surface area contributed by atoms with Gasteiger partial charge in [0.15, 0.2) is 0 Å². The summed E-state index contributed by atoms with van der Waals surface area (Å²) in [5.41, 5.74) is -0.429. The molecule has 0 bridgehead atoms. The second-order valence-electron chi connectivity index (χ2n) is 7.51. The standard InChI is InChI=1S/C20H42O/c1-5-7-8-9-10-11-12-13-14-15-19(3)16-18-20(4,21)17-6-2/h19,21H,5-18H2,1-4H3. The van der Waals surface area contributed by atoms with Gasteiger partial charge in [-0.05, 0) is 32.1 Å². The van der Waals surface area contributed by atoms with Gasteiger partial charge in [0.05, 0.1) is 5.60 Å². The van der Waals surface area contributed by atoms with Gasteiger partial charge in [0, 0.05) is 0 Å². The van der Waals surface area contributed by atoms with E-state index < -0.39 is 5.60 Å². The maximum atomic E-state index is 10.2. The highest BCUT2D eigenvalue weighted by Gasteiger charge is 2.19. The van der Waals surface area contributed by atoms with Gasteiger partial charge in [-0.2, -0.15) is 0 Å². The predicted molar refractivity (Wildman–Crippen MR) is 95.8 cm³/mol. The average molecular weight is 299 g/mol. The van der Waals surface area contributed by atoms with Crippen LogP contribution in [0.4, 0.5) is 0 Å². The first kappa shape index (κ1) is 21.0. The lowest BCUT2D eigenvalue weighted by molar-refractivity contribution is 0.0349. The molecule has 0 rings (SSSR count). The Balaban J connectivity index is 3.36. The molecule has 128 valence electrons. The topological polar surface area (TPSA) is 20.2 Å². The van der Waals surface area contributed by atoms with E-state index in [1.54, 1.807) is 0 Å². The van der Waals surface area contributed by atoms with Gasteiger partial charge in [0.1, 0.15) is 0 Å². The molecule has 0 heterocycles. The van der Waals surface area contributed by atoms with E-state index >= 15 is 0 Å². The van der Waals surface area contributed by atoms with Crippen LogP contribution in [0.3, 0.4) is 0 Å². The molecule has 0 aromatic rings. The first-order valence-corrected chi connectivity index (χ1v) is 9.74. The van der Waals surface area contributed by atoms with Crippen LogP contribution in [0.5, 0.6) is 0 Å².